The van der Waals surface area contributed by atoms with Crippen molar-refractivity contribution in [2.75, 3.05) is 6.61 Å². The molecule has 1 fully saturated rings. The number of benzene rings is 1. The van der Waals surface area contributed by atoms with Crippen molar-refractivity contribution in [2.45, 2.75) is 19.3 Å². The summed E-state index contributed by atoms with van der Waals surface area (Å²) in [5, 5.41) is 9.78. The Kier molecular flexibility index (Phi) is 4.09. The van der Waals surface area contributed by atoms with E-state index in [0.717, 1.165) is 12.8 Å². The Bertz CT molecular complexity index is 486. The summed E-state index contributed by atoms with van der Waals surface area (Å²) in [6, 6.07) is 3.29. The minimum absolute atomic E-state index is 0.134. The van der Waals surface area contributed by atoms with Crippen LogP contribution in [0.2, 0.25) is 10.0 Å². The molecule has 0 amide bonds. The van der Waals surface area contributed by atoms with Gasteiger partial charge >= 0.3 is 5.97 Å². The van der Waals surface area contributed by atoms with E-state index < -0.39 is 5.97 Å². The molecule has 1 N–H and O–H groups in total. The molecule has 0 radical (unpaired) electrons. The minimum atomic E-state index is -0.795. The lowest BCUT2D eigenvalue weighted by atomic mass is 10.0. The molecule has 0 spiro atoms. The summed E-state index contributed by atoms with van der Waals surface area (Å²) < 4.78 is 6.30. The molecule has 1 aromatic rings. The zero-order valence-corrected chi connectivity index (χ0v) is 12.5. The number of hydrogen-bond donors (Lipinski definition) is 1. The maximum absolute atomic E-state index is 10.7. The number of ether oxygens (including phenoxy) is 1. The molecule has 98 valence electrons. The monoisotopic (exact) mass is 352 g/mol. The summed E-state index contributed by atoms with van der Waals surface area (Å²) in [5.74, 6) is -0.308. The Morgan fingerprint density at radius 3 is 2.61 bits per heavy atom. The van der Waals surface area contributed by atoms with Gasteiger partial charge in [-0.05, 0) is 34.8 Å². The Hall–Kier alpha value is -0.450. The highest BCUT2D eigenvalue weighted by molar-refractivity contribution is 9.10. The highest BCUT2D eigenvalue weighted by Gasteiger charge is 2.45. The van der Waals surface area contributed by atoms with Crippen molar-refractivity contribution in [1.82, 2.24) is 0 Å². The fraction of sp³-hybridized carbons (Fsp3) is 0.417. The van der Waals surface area contributed by atoms with Crippen LogP contribution in [-0.2, 0) is 4.79 Å². The van der Waals surface area contributed by atoms with Crippen LogP contribution in [-0.4, -0.2) is 17.7 Å². The number of carboxylic acid groups (broad SMARTS) is 1. The molecule has 0 heterocycles. The molecular weight excluding hydrogens is 343 g/mol. The molecule has 0 unspecified atom stereocenters. The van der Waals surface area contributed by atoms with E-state index in [-0.39, 0.29) is 11.8 Å². The molecule has 0 bridgehead atoms. The van der Waals surface area contributed by atoms with Gasteiger partial charge in [0, 0.05) is 16.0 Å². The van der Waals surface area contributed by atoms with Crippen LogP contribution >= 0.6 is 39.1 Å². The number of rotatable bonds is 5. The van der Waals surface area contributed by atoms with E-state index in [0.29, 0.717) is 26.9 Å². The molecule has 6 heteroatoms. The summed E-state index contributed by atoms with van der Waals surface area (Å²) in [6.45, 7) is 0.358. The quantitative estimate of drug-likeness (QED) is 0.798. The predicted molar refractivity (Wildman–Crippen MR) is 73.6 cm³/mol. The van der Waals surface area contributed by atoms with E-state index in [1.165, 1.54) is 0 Å². The molecule has 1 aromatic carbocycles. The van der Waals surface area contributed by atoms with Crippen LogP contribution in [0.3, 0.4) is 0 Å². The predicted octanol–water partition coefficient (Wildman–Crippen LogP) is 4.39. The fourth-order valence-electron chi connectivity index (χ4n) is 1.72. The standard InChI is InChI=1S/C12H11BrCl2O3/c13-7-3-9(15)10(4-8(7)14)18-6-12(1-2-12)5-11(16)17/h3-4H,1-2,5-6H2,(H,16,17). The van der Waals surface area contributed by atoms with Gasteiger partial charge in [0.05, 0.1) is 23.1 Å². The van der Waals surface area contributed by atoms with Crippen LogP contribution in [0.1, 0.15) is 19.3 Å². The van der Waals surface area contributed by atoms with Gasteiger partial charge in [-0.1, -0.05) is 23.2 Å². The van der Waals surface area contributed by atoms with Crippen LogP contribution < -0.4 is 4.74 Å². The normalized spacial score (nSPS) is 16.4. The highest BCUT2D eigenvalue weighted by Crippen LogP contribution is 2.49. The number of aliphatic carboxylic acids is 1. The van der Waals surface area contributed by atoms with Gasteiger partial charge in [-0.25, -0.2) is 0 Å². The van der Waals surface area contributed by atoms with Crippen molar-refractivity contribution in [3.63, 3.8) is 0 Å². The maximum atomic E-state index is 10.7. The first-order valence-electron chi connectivity index (χ1n) is 5.41. The van der Waals surface area contributed by atoms with Crippen molar-refractivity contribution in [3.05, 3.63) is 26.7 Å². The first-order valence-corrected chi connectivity index (χ1v) is 6.96. The molecule has 2 rings (SSSR count). The average molecular weight is 354 g/mol. The van der Waals surface area contributed by atoms with Crippen LogP contribution in [0.4, 0.5) is 0 Å². The van der Waals surface area contributed by atoms with E-state index in [1.54, 1.807) is 12.1 Å². The summed E-state index contributed by atoms with van der Waals surface area (Å²) in [7, 11) is 0. The largest absolute Gasteiger partial charge is 0.491 e. The maximum Gasteiger partial charge on any atom is 0.304 e. The van der Waals surface area contributed by atoms with Crippen molar-refractivity contribution in [3.8, 4) is 5.75 Å². The van der Waals surface area contributed by atoms with E-state index in [1.807, 2.05) is 0 Å². The van der Waals surface area contributed by atoms with Crippen LogP contribution in [0.15, 0.2) is 16.6 Å². The molecular formula is C12H11BrCl2O3. The zero-order valence-electron chi connectivity index (χ0n) is 9.38. The summed E-state index contributed by atoms with van der Waals surface area (Å²) >= 11 is 15.2. The van der Waals surface area contributed by atoms with Gasteiger partial charge in [0.1, 0.15) is 5.75 Å². The van der Waals surface area contributed by atoms with Crippen LogP contribution in [0, 0.1) is 5.41 Å². The van der Waals surface area contributed by atoms with Crippen LogP contribution in [0.5, 0.6) is 5.75 Å². The second kappa shape index (κ2) is 5.27. The molecule has 1 aliphatic rings. The molecule has 1 aliphatic carbocycles. The Morgan fingerprint density at radius 1 is 1.39 bits per heavy atom. The lowest BCUT2D eigenvalue weighted by Gasteiger charge is -2.15. The smallest absolute Gasteiger partial charge is 0.304 e. The highest BCUT2D eigenvalue weighted by atomic mass is 79.9. The average Bonchev–Trinajstić information content (AvgIpc) is 3.01. The minimum Gasteiger partial charge on any atom is -0.491 e. The van der Waals surface area contributed by atoms with Crippen molar-refractivity contribution < 1.29 is 14.6 Å². The lowest BCUT2D eigenvalue weighted by molar-refractivity contribution is -0.138. The van der Waals surface area contributed by atoms with Gasteiger partial charge in [-0.15, -0.1) is 0 Å². The van der Waals surface area contributed by atoms with Crippen LogP contribution in [0.25, 0.3) is 0 Å². The molecule has 0 atom stereocenters. The SMILES string of the molecule is O=C(O)CC1(COc2cc(Cl)c(Br)cc2Cl)CC1. The second-order valence-corrected chi connectivity index (χ2v) is 6.22. The third kappa shape index (κ3) is 3.31. The number of halogens is 3. The van der Waals surface area contributed by atoms with Gasteiger partial charge in [-0.3, -0.25) is 4.79 Å². The molecule has 0 aromatic heterocycles. The van der Waals surface area contributed by atoms with Crippen molar-refractivity contribution >= 4 is 45.1 Å². The van der Waals surface area contributed by atoms with E-state index in [4.69, 9.17) is 33.0 Å². The first kappa shape index (κ1) is 14.0. The molecule has 3 nitrogen and oxygen atoms in total. The third-order valence-electron chi connectivity index (χ3n) is 2.99. The fourth-order valence-corrected chi connectivity index (χ4v) is 2.56. The molecule has 0 aliphatic heterocycles. The number of carboxylic acids is 1. The molecule has 1 saturated carbocycles. The van der Waals surface area contributed by atoms with Crippen molar-refractivity contribution in [1.29, 1.82) is 0 Å². The number of hydrogen-bond acceptors (Lipinski definition) is 2. The third-order valence-corrected chi connectivity index (χ3v) is 4.48. The van der Waals surface area contributed by atoms with Gasteiger partial charge in [0.15, 0.2) is 0 Å². The van der Waals surface area contributed by atoms with E-state index >= 15 is 0 Å². The van der Waals surface area contributed by atoms with Gasteiger partial charge in [0.25, 0.3) is 0 Å². The summed E-state index contributed by atoms with van der Waals surface area (Å²) in [6.07, 6.45) is 1.89. The second-order valence-electron chi connectivity index (χ2n) is 4.56. The zero-order chi connectivity index (χ0) is 13.3. The Balaban J connectivity index is 2.03. The number of carbonyl (C=O) groups is 1. The topological polar surface area (TPSA) is 46.5 Å². The van der Waals surface area contributed by atoms with Gasteiger partial charge in [-0.2, -0.15) is 0 Å². The summed E-state index contributed by atoms with van der Waals surface area (Å²) in [5.41, 5.74) is -0.227. The van der Waals surface area contributed by atoms with E-state index in [9.17, 15) is 4.79 Å². The first-order chi connectivity index (χ1) is 8.42. The Morgan fingerprint density at radius 2 is 2.06 bits per heavy atom. The van der Waals surface area contributed by atoms with Crippen molar-refractivity contribution in [2.24, 2.45) is 5.41 Å². The van der Waals surface area contributed by atoms with E-state index in [2.05, 4.69) is 15.9 Å². The summed E-state index contributed by atoms with van der Waals surface area (Å²) in [4.78, 5) is 10.7. The Labute approximate surface area is 123 Å². The molecule has 18 heavy (non-hydrogen) atoms. The van der Waals surface area contributed by atoms with Gasteiger partial charge < -0.3 is 9.84 Å². The lowest BCUT2D eigenvalue weighted by Crippen LogP contribution is -2.17. The van der Waals surface area contributed by atoms with Gasteiger partial charge in [0.2, 0.25) is 0 Å². The molecule has 0 saturated heterocycles.